The van der Waals surface area contributed by atoms with Gasteiger partial charge in [0.1, 0.15) is 18.9 Å². The van der Waals surface area contributed by atoms with E-state index in [1.54, 1.807) is 0 Å². The number of amides is 1. The predicted octanol–water partition coefficient (Wildman–Crippen LogP) is 0.608. The molecular formula is C14H20BrN2O2+. The summed E-state index contributed by atoms with van der Waals surface area (Å²) in [6.07, 6.45) is 1.81. The van der Waals surface area contributed by atoms with Crippen molar-refractivity contribution >= 4 is 21.8 Å². The zero-order chi connectivity index (χ0) is 13.7. The third-order valence-electron chi connectivity index (χ3n) is 3.63. The van der Waals surface area contributed by atoms with Crippen LogP contribution in [0.25, 0.3) is 0 Å². The average molecular weight is 328 g/mol. The standard InChI is InChI=1S/C14H19BrN2O2/c15-12-1-3-13(4-2-12)19-10-9-17-7-5-11(6-8-17)14(16)18/h1-4,11H,5-10H2,(H2,16,18)/p+1. The molecule has 1 fully saturated rings. The summed E-state index contributed by atoms with van der Waals surface area (Å²) in [5.74, 6) is 0.830. The second-order valence-electron chi connectivity index (χ2n) is 4.98. The molecule has 1 aliphatic rings. The van der Waals surface area contributed by atoms with Crippen molar-refractivity contribution in [3.8, 4) is 5.75 Å². The van der Waals surface area contributed by atoms with Crippen LogP contribution in [0.2, 0.25) is 0 Å². The molecule has 1 aromatic rings. The van der Waals surface area contributed by atoms with Crippen molar-refractivity contribution in [2.24, 2.45) is 11.7 Å². The summed E-state index contributed by atoms with van der Waals surface area (Å²) in [6.45, 7) is 3.70. The minimum absolute atomic E-state index is 0.0798. The van der Waals surface area contributed by atoms with Gasteiger partial charge in [0.15, 0.2) is 0 Å². The summed E-state index contributed by atoms with van der Waals surface area (Å²) in [5.41, 5.74) is 5.32. The number of piperidine rings is 1. The molecular weight excluding hydrogens is 308 g/mol. The van der Waals surface area contributed by atoms with Crippen LogP contribution in [-0.4, -0.2) is 32.1 Å². The Balaban J connectivity index is 1.67. The highest BCUT2D eigenvalue weighted by Crippen LogP contribution is 2.15. The summed E-state index contributed by atoms with van der Waals surface area (Å²) in [4.78, 5) is 12.6. The van der Waals surface area contributed by atoms with Crippen molar-refractivity contribution in [3.63, 3.8) is 0 Å². The maximum atomic E-state index is 11.1. The van der Waals surface area contributed by atoms with Gasteiger partial charge in [0.25, 0.3) is 0 Å². The van der Waals surface area contributed by atoms with Crippen LogP contribution >= 0.6 is 15.9 Å². The molecule has 1 aromatic carbocycles. The Hall–Kier alpha value is -1.07. The van der Waals surface area contributed by atoms with E-state index in [2.05, 4.69) is 15.9 Å². The molecule has 1 amide bonds. The smallest absolute Gasteiger partial charge is 0.220 e. The topological polar surface area (TPSA) is 56.8 Å². The quantitative estimate of drug-likeness (QED) is 0.832. The molecule has 0 aromatic heterocycles. The molecule has 4 nitrogen and oxygen atoms in total. The van der Waals surface area contributed by atoms with Crippen molar-refractivity contribution in [1.82, 2.24) is 0 Å². The van der Waals surface area contributed by atoms with Crippen LogP contribution in [0.15, 0.2) is 28.7 Å². The zero-order valence-electron chi connectivity index (χ0n) is 10.9. The second-order valence-corrected chi connectivity index (χ2v) is 5.89. The number of hydrogen-bond donors (Lipinski definition) is 2. The molecule has 19 heavy (non-hydrogen) atoms. The lowest BCUT2D eigenvalue weighted by Gasteiger charge is -2.27. The molecule has 0 aliphatic carbocycles. The summed E-state index contributed by atoms with van der Waals surface area (Å²) >= 11 is 3.40. The van der Waals surface area contributed by atoms with E-state index in [0.717, 1.165) is 42.7 Å². The zero-order valence-corrected chi connectivity index (χ0v) is 12.5. The number of ether oxygens (including phenoxy) is 1. The van der Waals surface area contributed by atoms with Crippen molar-refractivity contribution in [2.75, 3.05) is 26.2 Å². The normalized spacial score (nSPS) is 23.0. The van der Waals surface area contributed by atoms with Crippen molar-refractivity contribution in [1.29, 1.82) is 0 Å². The molecule has 3 N–H and O–H groups in total. The highest BCUT2D eigenvalue weighted by Gasteiger charge is 2.25. The van der Waals surface area contributed by atoms with E-state index in [1.165, 1.54) is 4.90 Å². The molecule has 5 heteroatoms. The Bertz CT molecular complexity index is 414. The number of carbonyl (C=O) groups excluding carboxylic acids is 1. The summed E-state index contributed by atoms with van der Waals surface area (Å²) < 4.78 is 6.76. The van der Waals surface area contributed by atoms with Gasteiger partial charge in [-0.1, -0.05) is 15.9 Å². The molecule has 0 unspecified atom stereocenters. The van der Waals surface area contributed by atoms with Gasteiger partial charge in [-0.05, 0) is 24.3 Å². The molecule has 0 spiro atoms. The fourth-order valence-corrected chi connectivity index (χ4v) is 2.67. The first-order valence-electron chi connectivity index (χ1n) is 6.66. The van der Waals surface area contributed by atoms with Gasteiger partial charge in [-0.3, -0.25) is 4.79 Å². The van der Waals surface area contributed by atoms with Gasteiger partial charge >= 0.3 is 0 Å². The summed E-state index contributed by atoms with van der Waals surface area (Å²) in [5, 5.41) is 0. The third kappa shape index (κ3) is 4.51. The SMILES string of the molecule is NC(=O)C1CC[NH+](CCOc2ccc(Br)cc2)CC1. The Labute approximate surface area is 122 Å². The van der Waals surface area contributed by atoms with Crippen molar-refractivity contribution in [3.05, 3.63) is 28.7 Å². The Kier molecular flexibility index (Phi) is 5.22. The monoisotopic (exact) mass is 327 g/mol. The number of primary amides is 1. The highest BCUT2D eigenvalue weighted by molar-refractivity contribution is 9.10. The molecule has 1 aliphatic heterocycles. The molecule has 2 rings (SSSR count). The number of likely N-dealkylation sites (tertiary alicyclic amines) is 1. The minimum Gasteiger partial charge on any atom is -0.488 e. The number of benzene rings is 1. The van der Waals surface area contributed by atoms with Gasteiger partial charge in [-0.2, -0.15) is 0 Å². The lowest BCUT2D eigenvalue weighted by Crippen LogP contribution is -3.13. The number of halogens is 1. The van der Waals surface area contributed by atoms with Crippen LogP contribution in [0.5, 0.6) is 5.75 Å². The van der Waals surface area contributed by atoms with Crippen molar-refractivity contribution < 1.29 is 14.4 Å². The maximum absolute atomic E-state index is 11.1. The maximum Gasteiger partial charge on any atom is 0.220 e. The number of quaternary nitrogens is 1. The van der Waals surface area contributed by atoms with E-state index in [0.29, 0.717) is 6.61 Å². The van der Waals surface area contributed by atoms with Crippen LogP contribution in [-0.2, 0) is 4.79 Å². The minimum atomic E-state index is -0.148. The molecule has 1 heterocycles. The van der Waals surface area contributed by atoms with E-state index in [-0.39, 0.29) is 11.8 Å². The average Bonchev–Trinajstić information content (AvgIpc) is 2.41. The summed E-state index contributed by atoms with van der Waals surface area (Å²) in [6, 6.07) is 7.86. The molecule has 0 saturated carbocycles. The Morgan fingerprint density at radius 2 is 1.95 bits per heavy atom. The van der Waals surface area contributed by atoms with Crippen molar-refractivity contribution in [2.45, 2.75) is 12.8 Å². The fourth-order valence-electron chi connectivity index (χ4n) is 2.40. The predicted molar refractivity (Wildman–Crippen MR) is 77.1 cm³/mol. The number of nitrogens with one attached hydrogen (secondary N) is 1. The van der Waals surface area contributed by atoms with Gasteiger partial charge in [0, 0.05) is 23.2 Å². The number of rotatable bonds is 5. The highest BCUT2D eigenvalue weighted by atomic mass is 79.9. The summed E-state index contributed by atoms with van der Waals surface area (Å²) in [7, 11) is 0. The molecule has 0 radical (unpaired) electrons. The molecule has 0 atom stereocenters. The second kappa shape index (κ2) is 6.91. The van der Waals surface area contributed by atoms with Crippen LogP contribution in [0.1, 0.15) is 12.8 Å². The number of carbonyl (C=O) groups is 1. The van der Waals surface area contributed by atoms with Crippen LogP contribution < -0.4 is 15.4 Å². The first-order chi connectivity index (χ1) is 9.15. The van der Waals surface area contributed by atoms with Crippen LogP contribution in [0.3, 0.4) is 0 Å². The van der Waals surface area contributed by atoms with E-state index in [4.69, 9.17) is 10.5 Å². The van der Waals surface area contributed by atoms with Crippen LogP contribution in [0.4, 0.5) is 0 Å². The van der Waals surface area contributed by atoms with Gasteiger partial charge in [-0.25, -0.2) is 0 Å². The van der Waals surface area contributed by atoms with Gasteiger partial charge in [0.2, 0.25) is 5.91 Å². The Morgan fingerprint density at radius 1 is 1.32 bits per heavy atom. The molecule has 1 saturated heterocycles. The number of nitrogens with two attached hydrogens (primary N) is 1. The molecule has 104 valence electrons. The molecule has 0 bridgehead atoms. The largest absolute Gasteiger partial charge is 0.488 e. The van der Waals surface area contributed by atoms with E-state index >= 15 is 0 Å². The number of hydrogen-bond acceptors (Lipinski definition) is 2. The fraction of sp³-hybridized carbons (Fsp3) is 0.500. The van der Waals surface area contributed by atoms with Crippen LogP contribution in [0, 0.1) is 5.92 Å². The van der Waals surface area contributed by atoms with E-state index in [9.17, 15) is 4.79 Å². The first kappa shape index (κ1) is 14.3. The van der Waals surface area contributed by atoms with Gasteiger partial charge < -0.3 is 15.4 Å². The first-order valence-corrected chi connectivity index (χ1v) is 7.45. The van der Waals surface area contributed by atoms with Gasteiger partial charge in [0.05, 0.1) is 13.1 Å². The van der Waals surface area contributed by atoms with Gasteiger partial charge in [-0.15, -0.1) is 0 Å². The lowest BCUT2D eigenvalue weighted by molar-refractivity contribution is -0.905. The Morgan fingerprint density at radius 3 is 2.53 bits per heavy atom. The van der Waals surface area contributed by atoms with E-state index in [1.807, 2.05) is 24.3 Å². The third-order valence-corrected chi connectivity index (χ3v) is 4.16. The van der Waals surface area contributed by atoms with E-state index < -0.39 is 0 Å². The lowest BCUT2D eigenvalue weighted by atomic mass is 9.96.